The van der Waals surface area contributed by atoms with Crippen molar-refractivity contribution in [3.05, 3.63) is 29.8 Å². The van der Waals surface area contributed by atoms with Crippen molar-refractivity contribution in [2.75, 3.05) is 18.5 Å². The standard InChI is InChI=1S/C11H14N2O2/c12-11(14)8-2-1-3-9(6-8)13-10-4-5-15-7-10/h1-3,6,10,13H,4-5,7H2,(H2,12,14). The molecular formula is C11H14N2O2. The third-order valence-corrected chi connectivity index (χ3v) is 2.45. The molecule has 1 aromatic carbocycles. The van der Waals surface area contributed by atoms with Crippen LogP contribution in [0.4, 0.5) is 5.69 Å². The number of ether oxygens (including phenoxy) is 1. The molecule has 1 heterocycles. The van der Waals surface area contributed by atoms with E-state index in [0.29, 0.717) is 11.6 Å². The molecule has 0 spiro atoms. The van der Waals surface area contributed by atoms with E-state index in [4.69, 9.17) is 10.5 Å². The fourth-order valence-electron chi connectivity index (χ4n) is 1.65. The fourth-order valence-corrected chi connectivity index (χ4v) is 1.65. The van der Waals surface area contributed by atoms with Gasteiger partial charge in [0.25, 0.3) is 0 Å². The molecule has 1 aliphatic rings. The molecule has 1 aliphatic heterocycles. The molecule has 1 saturated heterocycles. The summed E-state index contributed by atoms with van der Waals surface area (Å²) in [4.78, 5) is 11.0. The third kappa shape index (κ3) is 2.47. The second kappa shape index (κ2) is 4.31. The van der Waals surface area contributed by atoms with Crippen LogP contribution in [0.2, 0.25) is 0 Å². The van der Waals surface area contributed by atoms with Crippen LogP contribution in [0, 0.1) is 0 Å². The van der Waals surface area contributed by atoms with E-state index in [9.17, 15) is 4.79 Å². The number of nitrogens with one attached hydrogen (secondary N) is 1. The number of carbonyl (C=O) groups excluding carboxylic acids is 1. The molecule has 1 amide bonds. The second-order valence-corrected chi connectivity index (χ2v) is 3.65. The maximum Gasteiger partial charge on any atom is 0.248 e. The van der Waals surface area contributed by atoms with Crippen molar-refractivity contribution in [1.29, 1.82) is 0 Å². The Morgan fingerprint density at radius 1 is 1.53 bits per heavy atom. The van der Waals surface area contributed by atoms with E-state index in [1.165, 1.54) is 0 Å². The van der Waals surface area contributed by atoms with E-state index in [2.05, 4.69) is 5.32 Å². The van der Waals surface area contributed by atoms with Gasteiger partial charge in [-0.2, -0.15) is 0 Å². The summed E-state index contributed by atoms with van der Waals surface area (Å²) in [6, 6.07) is 7.55. The van der Waals surface area contributed by atoms with E-state index in [1.807, 2.05) is 12.1 Å². The number of benzene rings is 1. The van der Waals surface area contributed by atoms with Gasteiger partial charge in [0, 0.05) is 17.9 Å². The van der Waals surface area contributed by atoms with Crippen molar-refractivity contribution in [2.24, 2.45) is 5.73 Å². The number of anilines is 1. The minimum Gasteiger partial charge on any atom is -0.380 e. The molecule has 80 valence electrons. The lowest BCUT2D eigenvalue weighted by atomic mass is 10.1. The van der Waals surface area contributed by atoms with Crippen LogP contribution in [0.1, 0.15) is 16.8 Å². The van der Waals surface area contributed by atoms with Gasteiger partial charge in [0.15, 0.2) is 0 Å². The highest BCUT2D eigenvalue weighted by atomic mass is 16.5. The van der Waals surface area contributed by atoms with E-state index < -0.39 is 5.91 Å². The minimum absolute atomic E-state index is 0.341. The molecule has 0 saturated carbocycles. The average molecular weight is 206 g/mol. The van der Waals surface area contributed by atoms with Gasteiger partial charge in [0.2, 0.25) is 5.91 Å². The van der Waals surface area contributed by atoms with Crippen LogP contribution in [0.25, 0.3) is 0 Å². The highest BCUT2D eigenvalue weighted by Gasteiger charge is 2.15. The van der Waals surface area contributed by atoms with Crippen molar-refractivity contribution in [3.8, 4) is 0 Å². The van der Waals surface area contributed by atoms with Gasteiger partial charge < -0.3 is 15.8 Å². The van der Waals surface area contributed by atoms with Gasteiger partial charge >= 0.3 is 0 Å². The highest BCUT2D eigenvalue weighted by molar-refractivity contribution is 5.93. The molecular weight excluding hydrogens is 192 g/mol. The summed E-state index contributed by atoms with van der Waals surface area (Å²) in [5, 5.41) is 3.30. The molecule has 1 unspecified atom stereocenters. The Labute approximate surface area is 88.4 Å². The number of rotatable bonds is 3. The zero-order chi connectivity index (χ0) is 10.7. The van der Waals surface area contributed by atoms with E-state index in [0.717, 1.165) is 25.3 Å². The van der Waals surface area contributed by atoms with E-state index in [-0.39, 0.29) is 0 Å². The Bertz CT molecular complexity index is 359. The minimum atomic E-state index is -0.402. The Balaban J connectivity index is 2.07. The Morgan fingerprint density at radius 2 is 2.40 bits per heavy atom. The smallest absolute Gasteiger partial charge is 0.248 e. The van der Waals surface area contributed by atoms with E-state index in [1.54, 1.807) is 12.1 Å². The summed E-state index contributed by atoms with van der Waals surface area (Å²) >= 11 is 0. The predicted molar refractivity (Wildman–Crippen MR) is 57.8 cm³/mol. The molecule has 1 aromatic rings. The lowest BCUT2D eigenvalue weighted by Gasteiger charge is -2.12. The van der Waals surface area contributed by atoms with E-state index >= 15 is 0 Å². The number of carbonyl (C=O) groups is 1. The SMILES string of the molecule is NC(=O)c1cccc(NC2CCOC2)c1. The second-order valence-electron chi connectivity index (χ2n) is 3.65. The molecule has 0 aliphatic carbocycles. The quantitative estimate of drug-likeness (QED) is 0.775. The summed E-state index contributed by atoms with van der Waals surface area (Å²) in [6.45, 7) is 1.52. The molecule has 4 heteroatoms. The van der Waals surface area contributed by atoms with Crippen LogP contribution >= 0.6 is 0 Å². The summed E-state index contributed by atoms with van der Waals surface area (Å²) in [5.41, 5.74) is 6.64. The lowest BCUT2D eigenvalue weighted by Crippen LogP contribution is -2.19. The average Bonchev–Trinajstić information content (AvgIpc) is 2.71. The highest BCUT2D eigenvalue weighted by Crippen LogP contribution is 2.15. The topological polar surface area (TPSA) is 64.4 Å². The van der Waals surface area contributed by atoms with Gasteiger partial charge in [0.05, 0.1) is 12.6 Å². The summed E-state index contributed by atoms with van der Waals surface area (Å²) < 4.78 is 5.25. The monoisotopic (exact) mass is 206 g/mol. The molecule has 3 N–H and O–H groups in total. The van der Waals surface area contributed by atoms with Gasteiger partial charge in [-0.3, -0.25) is 4.79 Å². The molecule has 0 aromatic heterocycles. The largest absolute Gasteiger partial charge is 0.380 e. The first-order valence-electron chi connectivity index (χ1n) is 5.00. The van der Waals surface area contributed by atoms with Gasteiger partial charge in [0.1, 0.15) is 0 Å². The van der Waals surface area contributed by atoms with Crippen molar-refractivity contribution < 1.29 is 9.53 Å². The fraction of sp³-hybridized carbons (Fsp3) is 0.364. The summed E-state index contributed by atoms with van der Waals surface area (Å²) in [7, 11) is 0. The normalized spacial score (nSPS) is 20.1. The number of primary amides is 1. The van der Waals surface area contributed by atoms with Gasteiger partial charge in [-0.25, -0.2) is 0 Å². The maximum absolute atomic E-state index is 11.0. The first-order chi connectivity index (χ1) is 7.25. The molecule has 4 nitrogen and oxygen atoms in total. The Hall–Kier alpha value is -1.55. The van der Waals surface area contributed by atoms with Crippen LogP contribution in [-0.4, -0.2) is 25.2 Å². The Kier molecular flexibility index (Phi) is 2.87. The third-order valence-electron chi connectivity index (χ3n) is 2.45. The van der Waals surface area contributed by atoms with Crippen LogP contribution in [-0.2, 0) is 4.74 Å². The van der Waals surface area contributed by atoms with Crippen molar-refractivity contribution in [1.82, 2.24) is 0 Å². The van der Waals surface area contributed by atoms with Crippen LogP contribution in [0.15, 0.2) is 24.3 Å². The maximum atomic E-state index is 11.0. The first-order valence-corrected chi connectivity index (χ1v) is 5.00. The molecule has 2 rings (SSSR count). The first kappa shape index (κ1) is 9.98. The zero-order valence-corrected chi connectivity index (χ0v) is 8.40. The van der Waals surface area contributed by atoms with Gasteiger partial charge in [-0.05, 0) is 24.6 Å². The number of hydrogen-bond acceptors (Lipinski definition) is 3. The summed E-state index contributed by atoms with van der Waals surface area (Å²) in [5.74, 6) is -0.402. The molecule has 1 fully saturated rings. The Morgan fingerprint density at radius 3 is 3.07 bits per heavy atom. The molecule has 0 bridgehead atoms. The van der Waals surface area contributed by atoms with Crippen LogP contribution in [0.5, 0.6) is 0 Å². The number of nitrogens with two attached hydrogens (primary N) is 1. The van der Waals surface area contributed by atoms with Crippen molar-refractivity contribution >= 4 is 11.6 Å². The van der Waals surface area contributed by atoms with Crippen molar-refractivity contribution in [2.45, 2.75) is 12.5 Å². The van der Waals surface area contributed by atoms with Gasteiger partial charge in [-0.15, -0.1) is 0 Å². The van der Waals surface area contributed by atoms with Crippen LogP contribution < -0.4 is 11.1 Å². The van der Waals surface area contributed by atoms with Crippen molar-refractivity contribution in [3.63, 3.8) is 0 Å². The molecule has 1 atom stereocenters. The number of hydrogen-bond donors (Lipinski definition) is 2. The predicted octanol–water partition coefficient (Wildman–Crippen LogP) is 0.986. The summed E-state index contributed by atoms with van der Waals surface area (Å²) in [6.07, 6.45) is 1.00. The lowest BCUT2D eigenvalue weighted by molar-refractivity contribution is 0.100. The molecule has 0 radical (unpaired) electrons. The van der Waals surface area contributed by atoms with Gasteiger partial charge in [-0.1, -0.05) is 6.07 Å². The van der Waals surface area contributed by atoms with Crippen LogP contribution in [0.3, 0.4) is 0 Å². The molecule has 15 heavy (non-hydrogen) atoms. The number of amides is 1. The zero-order valence-electron chi connectivity index (χ0n) is 8.40.